The lowest BCUT2D eigenvalue weighted by molar-refractivity contribution is -0.142. The molecule has 19 heavy (non-hydrogen) atoms. The first-order chi connectivity index (χ1) is 8.97. The summed E-state index contributed by atoms with van der Waals surface area (Å²) < 4.78 is 7.46. The highest BCUT2D eigenvalue weighted by Gasteiger charge is 2.29. The molecule has 2 heterocycles. The van der Waals surface area contributed by atoms with E-state index in [1.165, 1.54) is 11.8 Å². The van der Waals surface area contributed by atoms with Gasteiger partial charge in [-0.05, 0) is 20.8 Å². The number of ether oxygens (including phenoxy) is 1. The van der Waals surface area contributed by atoms with Crippen molar-refractivity contribution in [1.29, 1.82) is 0 Å². The van der Waals surface area contributed by atoms with Crippen LogP contribution in [0.4, 0.5) is 0 Å². The summed E-state index contributed by atoms with van der Waals surface area (Å²) in [5, 5.41) is 8.40. The van der Waals surface area contributed by atoms with E-state index in [1.807, 2.05) is 37.3 Å². The molecule has 3 unspecified atom stereocenters. The molecule has 0 radical (unpaired) electrons. The van der Waals surface area contributed by atoms with Crippen LogP contribution in [-0.2, 0) is 16.6 Å². The van der Waals surface area contributed by atoms with Crippen LogP contribution >= 0.6 is 11.8 Å². The molecule has 2 rings (SSSR count). The van der Waals surface area contributed by atoms with E-state index in [0.717, 1.165) is 5.16 Å². The molecule has 0 aliphatic carbocycles. The maximum Gasteiger partial charge on any atom is 0.236 e. The van der Waals surface area contributed by atoms with E-state index in [1.54, 1.807) is 6.33 Å². The first-order valence-corrected chi connectivity index (χ1v) is 7.30. The van der Waals surface area contributed by atoms with Gasteiger partial charge in [-0.25, -0.2) is 0 Å². The van der Waals surface area contributed by atoms with Crippen molar-refractivity contribution in [3.05, 3.63) is 6.33 Å². The third-order valence-corrected chi connectivity index (χ3v) is 4.17. The van der Waals surface area contributed by atoms with Crippen LogP contribution in [-0.4, -0.2) is 56.1 Å². The number of amides is 1. The number of hydrogen-bond donors (Lipinski definition) is 0. The minimum atomic E-state index is -0.166. The first kappa shape index (κ1) is 14.3. The molecule has 106 valence electrons. The molecular weight excluding hydrogens is 264 g/mol. The maximum absolute atomic E-state index is 12.4. The van der Waals surface area contributed by atoms with Gasteiger partial charge in [-0.1, -0.05) is 11.8 Å². The lowest BCUT2D eigenvalue weighted by Gasteiger charge is -2.36. The lowest BCUT2D eigenvalue weighted by atomic mass is 10.2. The molecule has 3 atom stereocenters. The molecule has 1 aromatic rings. The highest BCUT2D eigenvalue weighted by atomic mass is 32.2. The average molecular weight is 284 g/mol. The Morgan fingerprint density at radius 2 is 2.11 bits per heavy atom. The van der Waals surface area contributed by atoms with Gasteiger partial charge >= 0.3 is 0 Å². The second-order valence-corrected chi connectivity index (χ2v) is 6.29. The zero-order chi connectivity index (χ0) is 14.0. The number of aryl methyl sites for hydroxylation is 1. The molecule has 1 aliphatic rings. The van der Waals surface area contributed by atoms with Crippen molar-refractivity contribution in [2.24, 2.45) is 7.05 Å². The SMILES string of the molecule is CC1CN(C(=O)C(C)Sc2nncn2C)CC(C)O1. The van der Waals surface area contributed by atoms with Gasteiger partial charge in [-0.3, -0.25) is 4.79 Å². The van der Waals surface area contributed by atoms with E-state index in [0.29, 0.717) is 13.1 Å². The molecule has 1 fully saturated rings. The Morgan fingerprint density at radius 3 is 2.63 bits per heavy atom. The fourth-order valence-electron chi connectivity index (χ4n) is 2.20. The van der Waals surface area contributed by atoms with Crippen LogP contribution in [0.1, 0.15) is 20.8 Å². The molecule has 7 heteroatoms. The molecule has 0 spiro atoms. The molecular formula is C12H20N4O2S. The summed E-state index contributed by atoms with van der Waals surface area (Å²) in [5.74, 6) is 0.134. The number of carbonyl (C=O) groups excluding carboxylic acids is 1. The Hall–Kier alpha value is -1.08. The van der Waals surface area contributed by atoms with Crippen LogP contribution in [0.2, 0.25) is 0 Å². The van der Waals surface area contributed by atoms with Gasteiger partial charge in [-0.15, -0.1) is 10.2 Å². The van der Waals surface area contributed by atoms with Crippen LogP contribution in [0.5, 0.6) is 0 Å². The minimum absolute atomic E-state index is 0.0970. The maximum atomic E-state index is 12.4. The number of rotatable bonds is 3. The van der Waals surface area contributed by atoms with Crippen LogP contribution in [0.3, 0.4) is 0 Å². The van der Waals surface area contributed by atoms with Gasteiger partial charge in [0.15, 0.2) is 5.16 Å². The molecule has 0 saturated carbocycles. The van der Waals surface area contributed by atoms with Crippen molar-refractivity contribution in [3.63, 3.8) is 0 Å². The minimum Gasteiger partial charge on any atom is -0.372 e. The summed E-state index contributed by atoms with van der Waals surface area (Å²) >= 11 is 1.44. The van der Waals surface area contributed by atoms with Crippen molar-refractivity contribution >= 4 is 17.7 Å². The van der Waals surface area contributed by atoms with Crippen LogP contribution in [0.15, 0.2) is 11.5 Å². The summed E-state index contributed by atoms with van der Waals surface area (Å²) in [7, 11) is 1.87. The summed E-state index contributed by atoms with van der Waals surface area (Å²) in [6, 6.07) is 0. The molecule has 0 N–H and O–H groups in total. The van der Waals surface area contributed by atoms with Gasteiger partial charge in [0, 0.05) is 20.1 Å². The fraction of sp³-hybridized carbons (Fsp3) is 0.750. The van der Waals surface area contributed by atoms with E-state index >= 15 is 0 Å². The van der Waals surface area contributed by atoms with Crippen molar-refractivity contribution in [3.8, 4) is 0 Å². The number of hydrogen-bond acceptors (Lipinski definition) is 5. The summed E-state index contributed by atoms with van der Waals surface area (Å²) in [6.45, 7) is 7.22. The molecule has 0 aromatic carbocycles. The largest absolute Gasteiger partial charge is 0.372 e. The Labute approximate surface area is 117 Å². The highest BCUT2D eigenvalue weighted by Crippen LogP contribution is 2.23. The Balaban J connectivity index is 1.97. The summed E-state index contributed by atoms with van der Waals surface area (Å²) in [4.78, 5) is 14.3. The van der Waals surface area contributed by atoms with Crippen molar-refractivity contribution in [2.45, 2.75) is 43.4 Å². The van der Waals surface area contributed by atoms with Crippen molar-refractivity contribution in [1.82, 2.24) is 19.7 Å². The zero-order valence-corrected chi connectivity index (χ0v) is 12.6. The summed E-state index contributed by atoms with van der Waals surface area (Å²) in [6.07, 6.45) is 1.83. The Kier molecular flexibility index (Phi) is 4.46. The van der Waals surface area contributed by atoms with E-state index < -0.39 is 0 Å². The van der Waals surface area contributed by atoms with Crippen LogP contribution in [0.25, 0.3) is 0 Å². The quantitative estimate of drug-likeness (QED) is 0.773. The Morgan fingerprint density at radius 1 is 1.47 bits per heavy atom. The first-order valence-electron chi connectivity index (χ1n) is 6.42. The topological polar surface area (TPSA) is 60.2 Å². The van der Waals surface area contributed by atoms with Gasteiger partial charge in [-0.2, -0.15) is 0 Å². The third kappa shape index (κ3) is 3.48. The number of carbonyl (C=O) groups is 1. The van der Waals surface area contributed by atoms with Gasteiger partial charge in [0.25, 0.3) is 0 Å². The molecule has 1 aliphatic heterocycles. The smallest absolute Gasteiger partial charge is 0.236 e. The number of aromatic nitrogens is 3. The zero-order valence-electron chi connectivity index (χ0n) is 11.7. The number of thioether (sulfide) groups is 1. The van der Waals surface area contributed by atoms with Crippen molar-refractivity contribution in [2.75, 3.05) is 13.1 Å². The van der Waals surface area contributed by atoms with Gasteiger partial charge in [0.1, 0.15) is 6.33 Å². The predicted octanol–water partition coefficient (Wildman–Crippen LogP) is 0.931. The second kappa shape index (κ2) is 5.92. The van der Waals surface area contributed by atoms with Gasteiger partial charge < -0.3 is 14.2 Å². The number of morpholine rings is 1. The van der Waals surface area contributed by atoms with E-state index in [9.17, 15) is 4.79 Å². The monoisotopic (exact) mass is 284 g/mol. The van der Waals surface area contributed by atoms with Crippen molar-refractivity contribution < 1.29 is 9.53 Å². The molecule has 1 amide bonds. The average Bonchev–Trinajstić information content (AvgIpc) is 2.72. The predicted molar refractivity (Wildman–Crippen MR) is 72.9 cm³/mol. The van der Waals surface area contributed by atoms with E-state index in [-0.39, 0.29) is 23.4 Å². The molecule has 6 nitrogen and oxygen atoms in total. The standard InChI is InChI=1S/C12H20N4O2S/c1-8-5-16(6-9(2)18-8)11(17)10(3)19-12-14-13-7-15(12)4/h7-10H,5-6H2,1-4H3. The van der Waals surface area contributed by atoms with E-state index in [4.69, 9.17) is 4.74 Å². The molecule has 1 aromatic heterocycles. The van der Waals surface area contributed by atoms with Crippen LogP contribution < -0.4 is 0 Å². The summed E-state index contributed by atoms with van der Waals surface area (Å²) in [5.41, 5.74) is 0. The van der Waals surface area contributed by atoms with Gasteiger partial charge in [0.05, 0.1) is 17.5 Å². The van der Waals surface area contributed by atoms with E-state index in [2.05, 4.69) is 10.2 Å². The molecule has 0 bridgehead atoms. The number of nitrogens with zero attached hydrogens (tertiary/aromatic N) is 4. The molecule has 1 saturated heterocycles. The normalized spacial score (nSPS) is 25.4. The van der Waals surface area contributed by atoms with Gasteiger partial charge in [0.2, 0.25) is 5.91 Å². The third-order valence-electron chi connectivity index (χ3n) is 3.03. The Bertz CT molecular complexity index is 441. The highest BCUT2D eigenvalue weighted by molar-refractivity contribution is 8.00. The van der Waals surface area contributed by atoms with Crippen LogP contribution in [0, 0.1) is 0 Å². The fourth-order valence-corrected chi connectivity index (χ4v) is 3.08. The second-order valence-electron chi connectivity index (χ2n) is 4.99. The lowest BCUT2D eigenvalue weighted by Crippen LogP contribution is -2.50.